The molecule has 3 rings (SSSR count). The minimum Gasteiger partial charge on any atom is -0.330 e. The fourth-order valence-electron chi connectivity index (χ4n) is 2.33. The van der Waals surface area contributed by atoms with E-state index in [-0.39, 0.29) is 0 Å². The molecule has 96 valence electrons. The molecule has 0 saturated carbocycles. The van der Waals surface area contributed by atoms with Gasteiger partial charge in [0.15, 0.2) is 0 Å². The summed E-state index contributed by atoms with van der Waals surface area (Å²) >= 11 is 0. The second-order valence-electron chi connectivity index (χ2n) is 4.74. The maximum absolute atomic E-state index is 5.67. The Bertz CT molecular complexity index is 696. The Morgan fingerprint density at radius 1 is 1.11 bits per heavy atom. The lowest BCUT2D eigenvalue weighted by Gasteiger charge is -2.01. The third-order valence-electron chi connectivity index (χ3n) is 3.32. The van der Waals surface area contributed by atoms with E-state index in [1.54, 1.807) is 0 Å². The molecule has 0 spiro atoms. The summed E-state index contributed by atoms with van der Waals surface area (Å²) in [5.74, 6) is 0.985. The molecule has 3 nitrogen and oxygen atoms in total. The summed E-state index contributed by atoms with van der Waals surface area (Å²) < 4.78 is 2.13. The molecule has 0 bridgehead atoms. The first kappa shape index (κ1) is 11.9. The van der Waals surface area contributed by atoms with Crippen molar-refractivity contribution in [1.82, 2.24) is 9.38 Å². The first-order valence-corrected chi connectivity index (χ1v) is 6.52. The van der Waals surface area contributed by atoms with Crippen molar-refractivity contribution in [2.45, 2.75) is 13.3 Å². The number of pyridine rings is 1. The number of aryl methyl sites for hydroxylation is 1. The van der Waals surface area contributed by atoms with Gasteiger partial charge in [0, 0.05) is 18.2 Å². The second kappa shape index (κ2) is 4.86. The van der Waals surface area contributed by atoms with Crippen LogP contribution in [0, 0.1) is 6.92 Å². The highest BCUT2D eigenvalue weighted by atomic mass is 15.0. The van der Waals surface area contributed by atoms with E-state index in [9.17, 15) is 0 Å². The fourth-order valence-corrected chi connectivity index (χ4v) is 2.33. The lowest BCUT2D eigenvalue weighted by molar-refractivity contribution is 0.944. The molecule has 2 aromatic heterocycles. The van der Waals surface area contributed by atoms with Crippen LogP contribution in [-0.4, -0.2) is 15.9 Å². The zero-order chi connectivity index (χ0) is 13.2. The van der Waals surface area contributed by atoms with Crippen LogP contribution in [0.2, 0.25) is 0 Å². The zero-order valence-corrected chi connectivity index (χ0v) is 11.0. The average Bonchev–Trinajstić information content (AvgIpc) is 2.80. The van der Waals surface area contributed by atoms with Gasteiger partial charge >= 0.3 is 0 Å². The molecule has 0 atom stereocenters. The van der Waals surface area contributed by atoms with Crippen LogP contribution in [0.1, 0.15) is 11.3 Å². The van der Waals surface area contributed by atoms with E-state index in [0.717, 1.165) is 29.0 Å². The molecule has 0 unspecified atom stereocenters. The third kappa shape index (κ3) is 2.13. The molecule has 2 N–H and O–H groups in total. The highest BCUT2D eigenvalue weighted by molar-refractivity contribution is 5.65. The third-order valence-corrected chi connectivity index (χ3v) is 3.32. The van der Waals surface area contributed by atoms with E-state index in [4.69, 9.17) is 10.7 Å². The molecular formula is C16H17N3. The molecule has 0 amide bonds. The van der Waals surface area contributed by atoms with Gasteiger partial charge in [-0.05, 0) is 25.6 Å². The molecule has 0 radical (unpaired) electrons. The van der Waals surface area contributed by atoms with Crippen LogP contribution in [0.4, 0.5) is 0 Å². The second-order valence-corrected chi connectivity index (χ2v) is 4.74. The van der Waals surface area contributed by atoms with Crippen molar-refractivity contribution in [1.29, 1.82) is 0 Å². The number of nitrogens with two attached hydrogens (primary N) is 1. The molecule has 0 aliphatic rings. The van der Waals surface area contributed by atoms with Crippen molar-refractivity contribution >= 4 is 5.52 Å². The highest BCUT2D eigenvalue weighted by Crippen LogP contribution is 2.23. The summed E-state index contributed by atoms with van der Waals surface area (Å²) in [6.45, 7) is 2.71. The van der Waals surface area contributed by atoms with Gasteiger partial charge in [-0.1, -0.05) is 35.9 Å². The highest BCUT2D eigenvalue weighted by Gasteiger charge is 2.11. The molecule has 0 aliphatic carbocycles. The molecule has 3 aromatic rings. The van der Waals surface area contributed by atoms with Crippen LogP contribution < -0.4 is 5.73 Å². The lowest BCUT2D eigenvalue weighted by Crippen LogP contribution is -2.03. The van der Waals surface area contributed by atoms with Gasteiger partial charge in [-0.3, -0.25) is 4.40 Å². The van der Waals surface area contributed by atoms with Crippen LogP contribution in [0.5, 0.6) is 0 Å². The van der Waals surface area contributed by atoms with Crippen molar-refractivity contribution in [2.75, 3.05) is 6.54 Å². The predicted octanol–water partition coefficient (Wildman–Crippen LogP) is 2.81. The van der Waals surface area contributed by atoms with Gasteiger partial charge in [0.2, 0.25) is 0 Å². The van der Waals surface area contributed by atoms with E-state index in [0.29, 0.717) is 6.54 Å². The summed E-state index contributed by atoms with van der Waals surface area (Å²) in [5, 5.41) is 0. The number of fused-ring (bicyclic) bond motifs is 1. The lowest BCUT2D eigenvalue weighted by atomic mass is 10.1. The molecule has 19 heavy (non-hydrogen) atoms. The van der Waals surface area contributed by atoms with E-state index < -0.39 is 0 Å². The monoisotopic (exact) mass is 251 g/mol. The van der Waals surface area contributed by atoms with Crippen LogP contribution >= 0.6 is 0 Å². The molecule has 3 heteroatoms. The first-order valence-electron chi connectivity index (χ1n) is 6.52. The standard InChI is InChI=1S/C16H17N3/c1-12-5-7-13(8-6-12)16-18-14(9-10-17)15-4-2-3-11-19(15)16/h2-8,11H,9-10,17H2,1H3. The van der Waals surface area contributed by atoms with E-state index in [1.807, 2.05) is 12.1 Å². The Kier molecular flexibility index (Phi) is 3.05. The van der Waals surface area contributed by atoms with Crippen molar-refractivity contribution < 1.29 is 0 Å². The Labute approximate surface area is 112 Å². The molecular weight excluding hydrogens is 234 g/mol. The number of hydrogen-bond acceptors (Lipinski definition) is 2. The van der Waals surface area contributed by atoms with Crippen molar-refractivity contribution in [2.24, 2.45) is 5.73 Å². The van der Waals surface area contributed by atoms with Gasteiger partial charge in [-0.25, -0.2) is 4.98 Å². The largest absolute Gasteiger partial charge is 0.330 e. The minimum absolute atomic E-state index is 0.620. The maximum Gasteiger partial charge on any atom is 0.144 e. The van der Waals surface area contributed by atoms with Gasteiger partial charge in [-0.2, -0.15) is 0 Å². The molecule has 1 aromatic carbocycles. The fraction of sp³-hybridized carbons (Fsp3) is 0.188. The van der Waals surface area contributed by atoms with Crippen LogP contribution in [0.15, 0.2) is 48.7 Å². The molecule has 0 fully saturated rings. The van der Waals surface area contributed by atoms with Crippen LogP contribution in [0.3, 0.4) is 0 Å². The SMILES string of the molecule is Cc1ccc(-c2nc(CCN)c3ccccn23)cc1. The summed E-state index contributed by atoms with van der Waals surface area (Å²) in [6.07, 6.45) is 2.86. The first-order chi connectivity index (χ1) is 9.29. The predicted molar refractivity (Wildman–Crippen MR) is 78.1 cm³/mol. The van der Waals surface area contributed by atoms with Gasteiger partial charge in [0.25, 0.3) is 0 Å². The van der Waals surface area contributed by atoms with E-state index >= 15 is 0 Å². The number of aromatic nitrogens is 2. The summed E-state index contributed by atoms with van der Waals surface area (Å²) in [7, 11) is 0. The smallest absolute Gasteiger partial charge is 0.144 e. The Balaban J connectivity index is 2.20. The maximum atomic E-state index is 5.67. The topological polar surface area (TPSA) is 43.3 Å². The van der Waals surface area contributed by atoms with Crippen molar-refractivity contribution in [3.8, 4) is 11.4 Å². The molecule has 2 heterocycles. The van der Waals surface area contributed by atoms with Crippen LogP contribution in [0.25, 0.3) is 16.9 Å². The number of benzene rings is 1. The Hall–Kier alpha value is -2.13. The quantitative estimate of drug-likeness (QED) is 0.778. The van der Waals surface area contributed by atoms with Gasteiger partial charge in [0.1, 0.15) is 5.82 Å². The molecule has 0 aliphatic heterocycles. The normalized spacial score (nSPS) is 11.1. The summed E-state index contributed by atoms with van der Waals surface area (Å²) in [6, 6.07) is 14.6. The minimum atomic E-state index is 0.620. The average molecular weight is 251 g/mol. The Morgan fingerprint density at radius 2 is 1.89 bits per heavy atom. The summed E-state index contributed by atoms with van der Waals surface area (Å²) in [4.78, 5) is 4.76. The van der Waals surface area contributed by atoms with Gasteiger partial charge in [0.05, 0.1) is 11.2 Å². The summed E-state index contributed by atoms with van der Waals surface area (Å²) in [5.41, 5.74) is 10.3. The van der Waals surface area contributed by atoms with Gasteiger partial charge in [-0.15, -0.1) is 0 Å². The van der Waals surface area contributed by atoms with Crippen molar-refractivity contribution in [3.05, 3.63) is 59.9 Å². The van der Waals surface area contributed by atoms with Crippen LogP contribution in [-0.2, 0) is 6.42 Å². The number of hydrogen-bond donors (Lipinski definition) is 1. The van der Waals surface area contributed by atoms with E-state index in [1.165, 1.54) is 5.56 Å². The molecule has 0 saturated heterocycles. The van der Waals surface area contributed by atoms with Crippen molar-refractivity contribution in [3.63, 3.8) is 0 Å². The number of nitrogens with zero attached hydrogens (tertiary/aromatic N) is 2. The zero-order valence-electron chi connectivity index (χ0n) is 11.0. The Morgan fingerprint density at radius 3 is 2.63 bits per heavy atom. The number of imidazole rings is 1. The van der Waals surface area contributed by atoms with Gasteiger partial charge < -0.3 is 5.73 Å². The number of rotatable bonds is 3. The van der Waals surface area contributed by atoms with E-state index in [2.05, 4.69) is 47.9 Å².